The fraction of sp³-hybridized carbons (Fsp3) is 0.800. The van der Waals surface area contributed by atoms with Gasteiger partial charge in [-0.3, -0.25) is 4.90 Å². The van der Waals surface area contributed by atoms with E-state index in [0.717, 1.165) is 38.0 Å². The minimum atomic E-state index is -5.08. The zero-order chi connectivity index (χ0) is 18.4. The zero-order valence-corrected chi connectivity index (χ0v) is 14.1. The van der Waals surface area contributed by atoms with Crippen molar-refractivity contribution < 1.29 is 27.8 Å². The summed E-state index contributed by atoms with van der Waals surface area (Å²) in [4.78, 5) is 15.8. The monoisotopic (exact) mass is 364 g/mol. The first-order valence-corrected chi connectivity index (χ1v) is 8.17. The summed E-state index contributed by atoms with van der Waals surface area (Å²) in [6.07, 6.45) is 0.804. The van der Waals surface area contributed by atoms with Gasteiger partial charge in [0, 0.05) is 32.7 Å². The Morgan fingerprint density at radius 2 is 2.04 bits per heavy atom. The molecular formula is C15H23F3N4O3. The molecule has 1 N–H and O–H groups in total. The Hall–Kier alpha value is -1.68. The standard InChI is InChI=1S/C13H22N4O.C2HF3O2/c1-18-9-12-6-16(5-11-3-2-4-11)8-13-14-10-15-17(13)7-12;3-2(4,5)1(6)7/h10-12H,2-9H2,1H3;(H,6,7). The van der Waals surface area contributed by atoms with E-state index in [1.165, 1.54) is 25.8 Å². The van der Waals surface area contributed by atoms with Crippen LogP contribution < -0.4 is 0 Å². The summed E-state index contributed by atoms with van der Waals surface area (Å²) in [5, 5.41) is 11.4. The number of carboxylic acid groups (broad SMARTS) is 1. The number of alkyl halides is 3. The molecule has 1 aromatic rings. The van der Waals surface area contributed by atoms with Gasteiger partial charge in [-0.1, -0.05) is 6.42 Å². The van der Waals surface area contributed by atoms with Gasteiger partial charge in [-0.25, -0.2) is 14.5 Å². The number of carboxylic acids is 1. The van der Waals surface area contributed by atoms with Crippen molar-refractivity contribution >= 4 is 5.97 Å². The number of fused-ring (bicyclic) bond motifs is 1. The fourth-order valence-electron chi connectivity index (χ4n) is 3.02. The zero-order valence-electron chi connectivity index (χ0n) is 14.1. The second-order valence-electron chi connectivity index (χ2n) is 6.47. The molecule has 0 saturated heterocycles. The van der Waals surface area contributed by atoms with Gasteiger partial charge in [-0.15, -0.1) is 0 Å². The number of hydrogen-bond donors (Lipinski definition) is 1. The van der Waals surface area contributed by atoms with E-state index in [4.69, 9.17) is 14.6 Å². The third-order valence-electron chi connectivity index (χ3n) is 4.39. The fourth-order valence-corrected chi connectivity index (χ4v) is 3.02. The molecule has 0 spiro atoms. The molecule has 0 amide bonds. The highest BCUT2D eigenvalue weighted by Crippen LogP contribution is 2.28. The SMILES string of the molecule is COCC1CN(CC2CCC2)Cc2ncnn2C1.O=C(O)C(F)(F)F. The van der Waals surface area contributed by atoms with Crippen molar-refractivity contribution in [3.63, 3.8) is 0 Å². The molecule has 1 fully saturated rings. The Morgan fingerprint density at radius 3 is 2.56 bits per heavy atom. The first kappa shape index (κ1) is 19.6. The van der Waals surface area contributed by atoms with Gasteiger partial charge < -0.3 is 9.84 Å². The number of nitrogens with zero attached hydrogens (tertiary/aromatic N) is 4. The Balaban J connectivity index is 0.000000277. The number of methoxy groups -OCH3 is 1. The maximum Gasteiger partial charge on any atom is 0.490 e. The molecule has 0 aromatic carbocycles. The molecule has 3 rings (SSSR count). The van der Waals surface area contributed by atoms with E-state index in [2.05, 4.69) is 15.0 Å². The lowest BCUT2D eigenvalue weighted by molar-refractivity contribution is -0.192. The molecule has 10 heteroatoms. The summed E-state index contributed by atoms with van der Waals surface area (Å²) in [5.74, 6) is -0.221. The van der Waals surface area contributed by atoms with Crippen LogP contribution >= 0.6 is 0 Å². The Morgan fingerprint density at radius 1 is 1.36 bits per heavy atom. The lowest BCUT2D eigenvalue weighted by Crippen LogP contribution is -2.36. The van der Waals surface area contributed by atoms with E-state index in [-0.39, 0.29) is 0 Å². The second kappa shape index (κ2) is 8.61. The number of carbonyl (C=O) groups is 1. The van der Waals surface area contributed by atoms with Crippen LogP contribution in [-0.2, 0) is 22.6 Å². The van der Waals surface area contributed by atoms with E-state index < -0.39 is 12.1 Å². The maximum absolute atomic E-state index is 10.6. The summed E-state index contributed by atoms with van der Waals surface area (Å²) in [6.45, 7) is 5.00. The Labute approximate surface area is 143 Å². The smallest absolute Gasteiger partial charge is 0.475 e. The van der Waals surface area contributed by atoms with Crippen LogP contribution in [0.1, 0.15) is 25.1 Å². The number of aliphatic carboxylic acids is 1. The number of halogens is 3. The molecule has 2 heterocycles. The molecule has 1 saturated carbocycles. The number of hydrogen-bond acceptors (Lipinski definition) is 5. The average Bonchev–Trinajstić information content (AvgIpc) is 2.83. The summed E-state index contributed by atoms with van der Waals surface area (Å²) in [7, 11) is 1.78. The molecule has 142 valence electrons. The topological polar surface area (TPSA) is 80.5 Å². The molecule has 7 nitrogen and oxygen atoms in total. The van der Waals surface area contributed by atoms with Crippen LogP contribution in [0, 0.1) is 11.8 Å². The Kier molecular flexibility index (Phi) is 6.77. The predicted molar refractivity (Wildman–Crippen MR) is 81.7 cm³/mol. The summed E-state index contributed by atoms with van der Waals surface area (Å²) in [5.41, 5.74) is 0. The maximum atomic E-state index is 10.6. The van der Waals surface area contributed by atoms with Crippen molar-refractivity contribution in [2.45, 2.75) is 38.5 Å². The average molecular weight is 364 g/mol. The van der Waals surface area contributed by atoms with E-state index in [1.807, 2.05) is 4.68 Å². The third kappa shape index (κ3) is 5.96. The van der Waals surface area contributed by atoms with E-state index in [0.29, 0.717) is 5.92 Å². The van der Waals surface area contributed by atoms with Crippen LogP contribution in [0.5, 0.6) is 0 Å². The van der Waals surface area contributed by atoms with Crippen molar-refractivity contribution in [2.75, 3.05) is 26.8 Å². The van der Waals surface area contributed by atoms with Gasteiger partial charge >= 0.3 is 12.1 Å². The van der Waals surface area contributed by atoms with Gasteiger partial charge in [0.15, 0.2) is 0 Å². The summed E-state index contributed by atoms with van der Waals surface area (Å²) >= 11 is 0. The molecule has 25 heavy (non-hydrogen) atoms. The van der Waals surface area contributed by atoms with Gasteiger partial charge in [0.1, 0.15) is 12.2 Å². The van der Waals surface area contributed by atoms with Crippen LogP contribution in [0.25, 0.3) is 0 Å². The molecule has 1 aromatic heterocycles. The highest BCUT2D eigenvalue weighted by Gasteiger charge is 2.38. The molecule has 0 bridgehead atoms. The summed E-state index contributed by atoms with van der Waals surface area (Å²) in [6, 6.07) is 0. The van der Waals surface area contributed by atoms with Crippen LogP contribution in [0.2, 0.25) is 0 Å². The third-order valence-corrected chi connectivity index (χ3v) is 4.39. The van der Waals surface area contributed by atoms with Crippen molar-refractivity contribution in [1.29, 1.82) is 0 Å². The van der Waals surface area contributed by atoms with Gasteiger partial charge in [-0.05, 0) is 18.8 Å². The van der Waals surface area contributed by atoms with Crippen molar-refractivity contribution in [1.82, 2.24) is 19.7 Å². The quantitative estimate of drug-likeness (QED) is 0.877. The van der Waals surface area contributed by atoms with Gasteiger partial charge in [0.2, 0.25) is 0 Å². The molecule has 1 atom stereocenters. The van der Waals surface area contributed by atoms with E-state index in [9.17, 15) is 13.2 Å². The molecular weight excluding hydrogens is 341 g/mol. The predicted octanol–water partition coefficient (Wildman–Crippen LogP) is 1.79. The molecule has 1 aliphatic heterocycles. The number of ether oxygens (including phenoxy) is 1. The van der Waals surface area contributed by atoms with E-state index >= 15 is 0 Å². The van der Waals surface area contributed by atoms with Gasteiger partial charge in [0.05, 0.1) is 13.2 Å². The Bertz CT molecular complexity index is 560. The first-order chi connectivity index (χ1) is 11.8. The highest BCUT2D eigenvalue weighted by molar-refractivity contribution is 5.73. The highest BCUT2D eigenvalue weighted by atomic mass is 19.4. The van der Waals surface area contributed by atoms with Gasteiger partial charge in [0.25, 0.3) is 0 Å². The van der Waals surface area contributed by atoms with Crippen LogP contribution in [0.3, 0.4) is 0 Å². The summed E-state index contributed by atoms with van der Waals surface area (Å²) < 4.78 is 39.1. The minimum absolute atomic E-state index is 0.526. The molecule has 1 aliphatic carbocycles. The normalized spacial score (nSPS) is 21.5. The molecule has 0 radical (unpaired) electrons. The van der Waals surface area contributed by atoms with Crippen LogP contribution in [0.15, 0.2) is 6.33 Å². The molecule has 1 unspecified atom stereocenters. The minimum Gasteiger partial charge on any atom is -0.475 e. The van der Waals surface area contributed by atoms with E-state index in [1.54, 1.807) is 13.4 Å². The van der Waals surface area contributed by atoms with Crippen molar-refractivity contribution in [2.24, 2.45) is 11.8 Å². The first-order valence-electron chi connectivity index (χ1n) is 8.17. The lowest BCUT2D eigenvalue weighted by Gasteiger charge is -2.32. The second-order valence-corrected chi connectivity index (χ2v) is 6.47. The van der Waals surface area contributed by atoms with Crippen molar-refractivity contribution in [3.8, 4) is 0 Å². The lowest BCUT2D eigenvalue weighted by atomic mass is 9.85. The van der Waals surface area contributed by atoms with Gasteiger partial charge in [-0.2, -0.15) is 18.3 Å². The molecule has 2 aliphatic rings. The largest absolute Gasteiger partial charge is 0.490 e. The number of rotatable bonds is 4. The van der Waals surface area contributed by atoms with Crippen LogP contribution in [-0.4, -0.2) is 63.7 Å². The number of aromatic nitrogens is 3. The van der Waals surface area contributed by atoms with Crippen molar-refractivity contribution in [3.05, 3.63) is 12.2 Å². The van der Waals surface area contributed by atoms with Crippen LogP contribution in [0.4, 0.5) is 13.2 Å².